The van der Waals surface area contributed by atoms with Crippen molar-refractivity contribution in [3.63, 3.8) is 0 Å². The van der Waals surface area contributed by atoms with Crippen LogP contribution in [0.3, 0.4) is 0 Å². The maximum absolute atomic E-state index is 5.67. The van der Waals surface area contributed by atoms with Crippen LogP contribution in [0, 0.1) is 29.6 Å². The van der Waals surface area contributed by atoms with Crippen molar-refractivity contribution in [1.82, 2.24) is 0 Å². The smallest absolute Gasteiger partial charge is 0.00460 e. The van der Waals surface area contributed by atoms with Crippen LogP contribution in [0.15, 0.2) is 12.2 Å². The first-order valence-corrected chi connectivity index (χ1v) is 5.27. The van der Waals surface area contributed by atoms with Crippen molar-refractivity contribution in [2.45, 2.75) is 19.3 Å². The second kappa shape index (κ2) is 2.35. The number of hydrogen-bond acceptors (Lipinski definition) is 1. The highest BCUT2D eigenvalue weighted by atomic mass is 14.6. The molecule has 3 unspecified atom stereocenters. The summed E-state index contributed by atoms with van der Waals surface area (Å²) in [6.07, 6.45) is 9.25. The van der Waals surface area contributed by atoms with E-state index in [2.05, 4.69) is 12.2 Å². The van der Waals surface area contributed by atoms with Gasteiger partial charge in [0.2, 0.25) is 0 Å². The molecule has 0 aromatic rings. The van der Waals surface area contributed by atoms with Gasteiger partial charge in [0.25, 0.3) is 0 Å². The highest BCUT2D eigenvalue weighted by Crippen LogP contribution is 2.56. The zero-order valence-corrected chi connectivity index (χ0v) is 7.45. The van der Waals surface area contributed by atoms with Crippen LogP contribution in [-0.4, -0.2) is 6.54 Å². The van der Waals surface area contributed by atoms with Crippen molar-refractivity contribution >= 4 is 0 Å². The average molecular weight is 163 g/mol. The highest BCUT2D eigenvalue weighted by molar-refractivity contribution is 5.13. The first-order chi connectivity index (χ1) is 5.88. The molecule has 0 saturated heterocycles. The lowest BCUT2D eigenvalue weighted by Crippen LogP contribution is -2.13. The molecule has 0 aliphatic heterocycles. The van der Waals surface area contributed by atoms with Gasteiger partial charge in [0.05, 0.1) is 0 Å². The molecule has 2 fully saturated rings. The van der Waals surface area contributed by atoms with Crippen molar-refractivity contribution in [2.24, 2.45) is 35.3 Å². The van der Waals surface area contributed by atoms with Crippen molar-refractivity contribution in [2.75, 3.05) is 6.54 Å². The minimum Gasteiger partial charge on any atom is -0.330 e. The molecule has 12 heavy (non-hydrogen) atoms. The van der Waals surface area contributed by atoms with Gasteiger partial charge in [-0.2, -0.15) is 0 Å². The Labute approximate surface area is 74.0 Å². The molecule has 3 aliphatic carbocycles. The van der Waals surface area contributed by atoms with E-state index in [4.69, 9.17) is 5.73 Å². The second-order valence-electron chi connectivity index (χ2n) is 4.84. The van der Waals surface area contributed by atoms with Crippen molar-refractivity contribution in [1.29, 1.82) is 0 Å². The summed E-state index contributed by atoms with van der Waals surface area (Å²) in [5.41, 5.74) is 5.67. The third-order valence-electron chi connectivity index (χ3n) is 4.16. The van der Waals surface area contributed by atoms with Gasteiger partial charge < -0.3 is 5.73 Å². The zero-order chi connectivity index (χ0) is 8.13. The summed E-state index contributed by atoms with van der Waals surface area (Å²) in [6.45, 7) is 0.933. The Hall–Kier alpha value is -0.300. The summed E-state index contributed by atoms with van der Waals surface area (Å²) in [7, 11) is 0. The van der Waals surface area contributed by atoms with Crippen molar-refractivity contribution in [3.05, 3.63) is 12.2 Å². The van der Waals surface area contributed by atoms with E-state index in [1.807, 2.05) is 0 Å². The topological polar surface area (TPSA) is 26.0 Å². The Kier molecular flexibility index (Phi) is 1.40. The molecule has 1 nitrogen and oxygen atoms in total. The van der Waals surface area contributed by atoms with Gasteiger partial charge in [-0.05, 0) is 55.4 Å². The molecule has 0 spiro atoms. The molecule has 2 saturated carbocycles. The molecular formula is C11H17N. The molecule has 3 rings (SSSR count). The lowest BCUT2D eigenvalue weighted by Gasteiger charge is -2.17. The largest absolute Gasteiger partial charge is 0.330 e. The van der Waals surface area contributed by atoms with E-state index in [1.165, 1.54) is 19.3 Å². The predicted molar refractivity (Wildman–Crippen MR) is 49.5 cm³/mol. The summed E-state index contributed by atoms with van der Waals surface area (Å²) in [5.74, 6) is 4.81. The van der Waals surface area contributed by atoms with Gasteiger partial charge in [-0.15, -0.1) is 0 Å². The van der Waals surface area contributed by atoms with Crippen LogP contribution >= 0.6 is 0 Å². The van der Waals surface area contributed by atoms with E-state index in [0.29, 0.717) is 0 Å². The second-order valence-corrected chi connectivity index (χ2v) is 4.84. The van der Waals surface area contributed by atoms with Gasteiger partial charge in [0.15, 0.2) is 0 Å². The minimum atomic E-state index is 0.891. The van der Waals surface area contributed by atoms with E-state index in [-0.39, 0.29) is 0 Å². The molecule has 66 valence electrons. The maximum Gasteiger partial charge on any atom is -0.00460 e. The first-order valence-electron chi connectivity index (χ1n) is 5.27. The fourth-order valence-electron chi connectivity index (χ4n) is 3.38. The number of allylic oxidation sites excluding steroid dienone is 2. The maximum atomic E-state index is 5.67. The van der Waals surface area contributed by atoms with Crippen LogP contribution in [0.5, 0.6) is 0 Å². The van der Waals surface area contributed by atoms with Gasteiger partial charge in [0.1, 0.15) is 0 Å². The van der Waals surface area contributed by atoms with Gasteiger partial charge in [0, 0.05) is 0 Å². The number of nitrogens with two attached hydrogens (primary N) is 1. The molecule has 0 amide bonds. The van der Waals surface area contributed by atoms with Gasteiger partial charge in [-0.25, -0.2) is 0 Å². The van der Waals surface area contributed by atoms with Crippen LogP contribution in [0.4, 0.5) is 0 Å². The summed E-state index contributed by atoms with van der Waals surface area (Å²) in [5, 5.41) is 0. The standard InChI is InChI=1S/C11H17N/c12-6-9-5-11(9)10-4-7-1-2-8(10)3-7/h1-2,7-11H,3-6,12H2/t7?,8?,9-,10?,11+/m0/s1. The number of rotatable bonds is 2. The number of hydrogen-bond donors (Lipinski definition) is 1. The first kappa shape index (κ1) is 7.14. The molecule has 3 aliphatic rings. The fourth-order valence-corrected chi connectivity index (χ4v) is 3.38. The molecule has 2 bridgehead atoms. The molecule has 0 aromatic heterocycles. The Morgan fingerprint density at radius 1 is 1.08 bits per heavy atom. The molecule has 2 N–H and O–H groups in total. The van der Waals surface area contributed by atoms with E-state index in [1.54, 1.807) is 0 Å². The Bertz CT molecular complexity index is 221. The van der Waals surface area contributed by atoms with Crippen molar-refractivity contribution < 1.29 is 0 Å². The van der Waals surface area contributed by atoms with Gasteiger partial charge >= 0.3 is 0 Å². The van der Waals surface area contributed by atoms with Crippen LogP contribution in [0.2, 0.25) is 0 Å². The average Bonchev–Trinajstić information content (AvgIpc) is 2.59. The van der Waals surface area contributed by atoms with E-state index in [9.17, 15) is 0 Å². The van der Waals surface area contributed by atoms with E-state index in [0.717, 1.165) is 36.1 Å². The molecule has 1 heteroatoms. The monoisotopic (exact) mass is 163 g/mol. The van der Waals surface area contributed by atoms with Crippen LogP contribution in [0.25, 0.3) is 0 Å². The molecule has 0 heterocycles. The van der Waals surface area contributed by atoms with Crippen LogP contribution in [-0.2, 0) is 0 Å². The number of fused-ring (bicyclic) bond motifs is 2. The summed E-state index contributed by atoms with van der Waals surface area (Å²) in [4.78, 5) is 0. The van der Waals surface area contributed by atoms with E-state index < -0.39 is 0 Å². The Morgan fingerprint density at radius 2 is 2.00 bits per heavy atom. The predicted octanol–water partition coefficient (Wildman–Crippen LogP) is 1.79. The third-order valence-corrected chi connectivity index (χ3v) is 4.16. The Balaban J connectivity index is 1.69. The minimum absolute atomic E-state index is 0.891. The summed E-state index contributed by atoms with van der Waals surface area (Å²) >= 11 is 0. The normalized spacial score (nSPS) is 54.9. The molecular weight excluding hydrogens is 146 g/mol. The summed E-state index contributed by atoms with van der Waals surface area (Å²) < 4.78 is 0. The Morgan fingerprint density at radius 3 is 2.50 bits per heavy atom. The van der Waals surface area contributed by atoms with E-state index >= 15 is 0 Å². The van der Waals surface area contributed by atoms with Gasteiger partial charge in [-0.1, -0.05) is 12.2 Å². The SMILES string of the molecule is NC[C@@H]1C[C@H]1C1CC2C=CC1C2. The highest BCUT2D eigenvalue weighted by Gasteiger charge is 2.49. The lowest BCUT2D eigenvalue weighted by atomic mass is 9.88. The molecule has 0 aromatic carbocycles. The lowest BCUT2D eigenvalue weighted by molar-refractivity contribution is 0.374. The zero-order valence-electron chi connectivity index (χ0n) is 7.45. The summed E-state index contributed by atoms with van der Waals surface area (Å²) in [6, 6.07) is 0. The van der Waals surface area contributed by atoms with Crippen molar-refractivity contribution in [3.8, 4) is 0 Å². The van der Waals surface area contributed by atoms with Crippen LogP contribution in [0.1, 0.15) is 19.3 Å². The fraction of sp³-hybridized carbons (Fsp3) is 0.818. The molecule has 5 atom stereocenters. The van der Waals surface area contributed by atoms with Crippen LogP contribution < -0.4 is 5.73 Å². The molecule has 0 radical (unpaired) electrons. The quantitative estimate of drug-likeness (QED) is 0.617. The van der Waals surface area contributed by atoms with Gasteiger partial charge in [-0.3, -0.25) is 0 Å². The third kappa shape index (κ3) is 0.891.